The van der Waals surface area contributed by atoms with Gasteiger partial charge in [0.1, 0.15) is 5.60 Å². The van der Waals surface area contributed by atoms with E-state index in [1.165, 1.54) is 0 Å². The average Bonchev–Trinajstić information content (AvgIpc) is 2.10. The Balaban J connectivity index is 2.77. The van der Waals surface area contributed by atoms with Crippen molar-refractivity contribution in [3.05, 3.63) is 0 Å². The van der Waals surface area contributed by atoms with Gasteiger partial charge < -0.3 is 10.1 Å². The molecule has 0 aromatic heterocycles. The molecule has 3 nitrogen and oxygen atoms in total. The van der Waals surface area contributed by atoms with Crippen LogP contribution in [0.15, 0.2) is 0 Å². The smallest absolute Gasteiger partial charge is 0.407 e. The molecule has 1 heterocycles. The van der Waals surface area contributed by atoms with Gasteiger partial charge in [-0.3, -0.25) is 0 Å². The minimum Gasteiger partial charge on any atom is -0.441 e. The SMILES string of the molecule is CC(C)(C)C1(C)CNC(=O)O1. The van der Waals surface area contributed by atoms with Gasteiger partial charge in [-0.25, -0.2) is 4.79 Å². The monoisotopic (exact) mass is 157 g/mol. The number of amides is 1. The van der Waals surface area contributed by atoms with Crippen LogP contribution in [0.4, 0.5) is 4.79 Å². The van der Waals surface area contributed by atoms with E-state index in [0.29, 0.717) is 6.54 Å². The van der Waals surface area contributed by atoms with Crippen molar-refractivity contribution in [1.29, 1.82) is 0 Å². The molecule has 64 valence electrons. The van der Waals surface area contributed by atoms with E-state index in [1.807, 2.05) is 6.92 Å². The van der Waals surface area contributed by atoms with Gasteiger partial charge in [0.2, 0.25) is 0 Å². The summed E-state index contributed by atoms with van der Waals surface area (Å²) in [6.07, 6.45) is -0.303. The van der Waals surface area contributed by atoms with E-state index in [0.717, 1.165) is 0 Å². The molecule has 0 spiro atoms. The molecule has 1 aliphatic rings. The van der Waals surface area contributed by atoms with Gasteiger partial charge in [-0.05, 0) is 6.92 Å². The number of carbonyl (C=O) groups excluding carboxylic acids is 1. The lowest BCUT2D eigenvalue weighted by atomic mass is 9.78. The van der Waals surface area contributed by atoms with E-state index in [4.69, 9.17) is 4.74 Å². The summed E-state index contributed by atoms with van der Waals surface area (Å²) in [5, 5.41) is 2.66. The van der Waals surface area contributed by atoms with Crippen LogP contribution in [-0.4, -0.2) is 18.2 Å². The van der Waals surface area contributed by atoms with Crippen LogP contribution in [0.1, 0.15) is 27.7 Å². The highest BCUT2D eigenvalue weighted by Gasteiger charge is 2.45. The first-order chi connectivity index (χ1) is 4.85. The van der Waals surface area contributed by atoms with E-state index >= 15 is 0 Å². The van der Waals surface area contributed by atoms with Gasteiger partial charge in [0.15, 0.2) is 0 Å². The summed E-state index contributed by atoms with van der Waals surface area (Å²) >= 11 is 0. The van der Waals surface area contributed by atoms with Crippen molar-refractivity contribution in [2.24, 2.45) is 5.41 Å². The van der Waals surface area contributed by atoms with Gasteiger partial charge in [-0.2, -0.15) is 0 Å². The summed E-state index contributed by atoms with van der Waals surface area (Å²) in [7, 11) is 0. The summed E-state index contributed by atoms with van der Waals surface area (Å²) in [6.45, 7) is 8.74. The Morgan fingerprint density at radius 2 is 2.09 bits per heavy atom. The first kappa shape index (κ1) is 8.37. The average molecular weight is 157 g/mol. The van der Waals surface area contributed by atoms with Crippen LogP contribution < -0.4 is 5.32 Å². The standard InChI is InChI=1S/C8H15NO2/c1-7(2,3)8(4)5-9-6(10)11-8/h5H2,1-4H3,(H,9,10). The lowest BCUT2D eigenvalue weighted by Crippen LogP contribution is -2.43. The maximum atomic E-state index is 10.8. The molecule has 1 amide bonds. The fourth-order valence-corrected chi connectivity index (χ4v) is 0.936. The molecule has 0 bridgehead atoms. The van der Waals surface area contributed by atoms with Crippen molar-refractivity contribution in [3.8, 4) is 0 Å². The summed E-state index contributed by atoms with van der Waals surface area (Å²) in [6, 6.07) is 0. The lowest BCUT2D eigenvalue weighted by molar-refractivity contribution is -0.0153. The van der Waals surface area contributed by atoms with Crippen LogP contribution in [-0.2, 0) is 4.74 Å². The van der Waals surface area contributed by atoms with Gasteiger partial charge in [-0.1, -0.05) is 20.8 Å². The highest BCUT2D eigenvalue weighted by molar-refractivity contribution is 5.70. The summed E-state index contributed by atoms with van der Waals surface area (Å²) in [5.74, 6) is 0. The van der Waals surface area contributed by atoms with E-state index in [2.05, 4.69) is 26.1 Å². The number of ether oxygens (including phenoxy) is 1. The Labute approximate surface area is 67.1 Å². The number of rotatable bonds is 0. The fraction of sp³-hybridized carbons (Fsp3) is 0.875. The van der Waals surface area contributed by atoms with Crippen molar-refractivity contribution in [3.63, 3.8) is 0 Å². The minimum absolute atomic E-state index is 0.00778. The summed E-state index contributed by atoms with van der Waals surface area (Å²) < 4.78 is 5.16. The van der Waals surface area contributed by atoms with Gasteiger partial charge in [-0.15, -0.1) is 0 Å². The lowest BCUT2D eigenvalue weighted by Gasteiger charge is -2.35. The molecule has 11 heavy (non-hydrogen) atoms. The molecular formula is C8H15NO2. The Morgan fingerprint density at radius 3 is 2.27 bits per heavy atom. The number of nitrogens with one attached hydrogen (secondary N) is 1. The molecule has 0 aromatic carbocycles. The van der Waals surface area contributed by atoms with Crippen LogP contribution >= 0.6 is 0 Å². The van der Waals surface area contributed by atoms with Crippen LogP contribution in [0.5, 0.6) is 0 Å². The van der Waals surface area contributed by atoms with Crippen LogP contribution in [0.25, 0.3) is 0 Å². The summed E-state index contributed by atoms with van der Waals surface area (Å²) in [5.41, 5.74) is -0.365. The number of cyclic esters (lactones) is 1. The van der Waals surface area contributed by atoms with E-state index in [9.17, 15) is 4.79 Å². The first-order valence-corrected chi connectivity index (χ1v) is 3.82. The normalized spacial score (nSPS) is 31.5. The van der Waals surface area contributed by atoms with Crippen molar-refractivity contribution in [2.75, 3.05) is 6.54 Å². The number of alkyl carbamates (subject to hydrolysis) is 1. The third-order valence-corrected chi connectivity index (χ3v) is 2.47. The second-order valence-corrected chi connectivity index (χ2v) is 4.22. The predicted molar refractivity (Wildman–Crippen MR) is 42.3 cm³/mol. The molecule has 1 fully saturated rings. The molecule has 1 atom stereocenters. The van der Waals surface area contributed by atoms with Crippen molar-refractivity contribution >= 4 is 6.09 Å². The number of hydrogen-bond acceptors (Lipinski definition) is 2. The second-order valence-electron chi connectivity index (χ2n) is 4.22. The highest BCUT2D eigenvalue weighted by atomic mass is 16.6. The quantitative estimate of drug-likeness (QED) is 0.579. The maximum Gasteiger partial charge on any atom is 0.407 e. The maximum absolute atomic E-state index is 10.8. The van der Waals surface area contributed by atoms with Crippen LogP contribution in [0.3, 0.4) is 0 Å². The Hall–Kier alpha value is -0.730. The number of carbonyl (C=O) groups is 1. The van der Waals surface area contributed by atoms with E-state index in [1.54, 1.807) is 0 Å². The van der Waals surface area contributed by atoms with Gasteiger partial charge in [0, 0.05) is 5.41 Å². The van der Waals surface area contributed by atoms with Crippen molar-refractivity contribution in [1.82, 2.24) is 5.32 Å². The fourth-order valence-electron chi connectivity index (χ4n) is 0.936. The highest BCUT2D eigenvalue weighted by Crippen LogP contribution is 2.35. The van der Waals surface area contributed by atoms with Gasteiger partial charge in [0.05, 0.1) is 6.54 Å². The predicted octanol–water partition coefficient (Wildman–Crippen LogP) is 1.53. The van der Waals surface area contributed by atoms with Crippen molar-refractivity contribution in [2.45, 2.75) is 33.3 Å². The third kappa shape index (κ3) is 1.32. The zero-order valence-corrected chi connectivity index (χ0v) is 7.52. The molecule has 1 aliphatic heterocycles. The van der Waals surface area contributed by atoms with Crippen LogP contribution in [0.2, 0.25) is 0 Å². The third-order valence-electron chi connectivity index (χ3n) is 2.47. The Morgan fingerprint density at radius 1 is 1.55 bits per heavy atom. The number of hydrogen-bond donors (Lipinski definition) is 1. The second kappa shape index (κ2) is 2.13. The van der Waals surface area contributed by atoms with E-state index in [-0.39, 0.29) is 17.1 Å². The first-order valence-electron chi connectivity index (χ1n) is 3.82. The van der Waals surface area contributed by atoms with E-state index < -0.39 is 0 Å². The van der Waals surface area contributed by atoms with Gasteiger partial charge >= 0.3 is 6.09 Å². The zero-order valence-electron chi connectivity index (χ0n) is 7.52. The zero-order chi connectivity index (χ0) is 8.70. The van der Waals surface area contributed by atoms with Gasteiger partial charge in [0.25, 0.3) is 0 Å². The molecule has 0 saturated carbocycles. The molecule has 1 rings (SSSR count). The largest absolute Gasteiger partial charge is 0.441 e. The topological polar surface area (TPSA) is 38.3 Å². The van der Waals surface area contributed by atoms with Crippen LogP contribution in [0, 0.1) is 5.41 Å². The molecule has 1 N–H and O–H groups in total. The molecule has 1 saturated heterocycles. The minimum atomic E-state index is -0.357. The molecular weight excluding hydrogens is 142 g/mol. The Bertz CT molecular complexity index is 183. The van der Waals surface area contributed by atoms with Crippen molar-refractivity contribution < 1.29 is 9.53 Å². The molecule has 0 radical (unpaired) electrons. The molecule has 3 heteroatoms. The molecule has 0 aliphatic carbocycles. The Kier molecular flexibility index (Phi) is 1.62. The summed E-state index contributed by atoms with van der Waals surface area (Å²) in [4.78, 5) is 10.8. The molecule has 1 unspecified atom stereocenters. The molecule has 0 aromatic rings.